The number of carbonyl (C=O) groups is 3. The van der Waals surface area contributed by atoms with E-state index in [1.807, 2.05) is 0 Å². The molecule has 6 heteroatoms. The van der Waals surface area contributed by atoms with Crippen LogP contribution in [0.5, 0.6) is 0 Å². The lowest BCUT2D eigenvalue weighted by Gasteiger charge is -2.18. The molecule has 0 saturated carbocycles. The van der Waals surface area contributed by atoms with Crippen molar-refractivity contribution in [2.24, 2.45) is 0 Å². The summed E-state index contributed by atoms with van der Waals surface area (Å²) in [5, 5.41) is 0. The Balaban J connectivity index is 4.15. The van der Waals surface area contributed by atoms with Gasteiger partial charge in [0.2, 0.25) is 0 Å². The van der Waals surface area contributed by atoms with Crippen molar-refractivity contribution in [3.63, 3.8) is 0 Å². The Hall–Kier alpha value is -3.15. The SMILES string of the molecule is CCC/C=C\C/C=C\CCCCCCCC(=O)OCC(COC(=O)CCCCCCCCCCCCCCCCCCCC/C=C\C/C=C\C/C=C\CCCCCCC)OC(=O)CCCCCCCCC/C=C\CCCCCCCC. The smallest absolute Gasteiger partial charge is 0.306 e. The molecule has 0 aliphatic carbocycles. The van der Waals surface area contributed by atoms with Crippen LogP contribution in [-0.2, 0) is 28.6 Å². The van der Waals surface area contributed by atoms with Gasteiger partial charge in [-0.2, -0.15) is 0 Å². The van der Waals surface area contributed by atoms with Crippen molar-refractivity contribution >= 4 is 17.9 Å². The third-order valence-electron chi connectivity index (χ3n) is 15.6. The van der Waals surface area contributed by atoms with Crippen LogP contribution in [0.3, 0.4) is 0 Å². The molecule has 1 unspecified atom stereocenters. The lowest BCUT2D eigenvalue weighted by atomic mass is 10.0. The lowest BCUT2D eigenvalue weighted by Crippen LogP contribution is -2.30. The Labute approximate surface area is 503 Å². The summed E-state index contributed by atoms with van der Waals surface area (Å²) in [6.45, 7) is 6.59. The maximum Gasteiger partial charge on any atom is 0.306 e. The fraction of sp³-hybridized carbons (Fsp3) is 0.800. The molecule has 0 N–H and O–H groups in total. The van der Waals surface area contributed by atoms with Crippen LogP contribution in [0.25, 0.3) is 0 Å². The van der Waals surface area contributed by atoms with Gasteiger partial charge in [-0.25, -0.2) is 0 Å². The number of carbonyl (C=O) groups excluding carboxylic acids is 3. The molecule has 0 saturated heterocycles. The average Bonchev–Trinajstić information content (AvgIpc) is 3.46. The number of esters is 3. The van der Waals surface area contributed by atoms with Crippen molar-refractivity contribution in [3.8, 4) is 0 Å². The summed E-state index contributed by atoms with van der Waals surface area (Å²) in [6, 6.07) is 0. The van der Waals surface area contributed by atoms with Gasteiger partial charge in [-0.05, 0) is 109 Å². The minimum Gasteiger partial charge on any atom is -0.462 e. The Kier molecular flexibility index (Phi) is 66.6. The van der Waals surface area contributed by atoms with Gasteiger partial charge in [0.05, 0.1) is 0 Å². The molecule has 1 atom stereocenters. The first-order chi connectivity index (χ1) is 40.0. The van der Waals surface area contributed by atoms with E-state index in [4.69, 9.17) is 14.2 Å². The summed E-state index contributed by atoms with van der Waals surface area (Å²) in [5.74, 6) is -0.879. The van der Waals surface area contributed by atoms with Crippen molar-refractivity contribution in [2.75, 3.05) is 13.2 Å². The highest BCUT2D eigenvalue weighted by Gasteiger charge is 2.19. The van der Waals surface area contributed by atoms with E-state index in [0.29, 0.717) is 19.3 Å². The molecule has 0 fully saturated rings. The molecule has 81 heavy (non-hydrogen) atoms. The van der Waals surface area contributed by atoms with E-state index >= 15 is 0 Å². The first-order valence-electron chi connectivity index (χ1n) is 35.4. The van der Waals surface area contributed by atoms with Gasteiger partial charge >= 0.3 is 17.9 Å². The van der Waals surface area contributed by atoms with Gasteiger partial charge in [0.25, 0.3) is 0 Å². The Morgan fingerprint density at radius 3 is 0.753 bits per heavy atom. The third kappa shape index (κ3) is 67.5. The highest BCUT2D eigenvalue weighted by molar-refractivity contribution is 5.71. The predicted octanol–water partition coefficient (Wildman–Crippen LogP) is 24.4. The zero-order chi connectivity index (χ0) is 58.5. The topological polar surface area (TPSA) is 78.9 Å². The Morgan fingerprint density at radius 1 is 0.247 bits per heavy atom. The molecule has 0 aromatic rings. The van der Waals surface area contributed by atoms with Gasteiger partial charge in [-0.1, -0.05) is 312 Å². The second-order valence-electron chi connectivity index (χ2n) is 23.8. The van der Waals surface area contributed by atoms with Crippen molar-refractivity contribution in [3.05, 3.63) is 72.9 Å². The average molecular weight is 1130 g/mol. The maximum absolute atomic E-state index is 12.9. The van der Waals surface area contributed by atoms with Crippen molar-refractivity contribution < 1.29 is 28.6 Å². The molecule has 0 aromatic carbocycles. The van der Waals surface area contributed by atoms with Crippen LogP contribution in [0.1, 0.15) is 367 Å². The quantitative estimate of drug-likeness (QED) is 0.0261. The second-order valence-corrected chi connectivity index (χ2v) is 23.8. The zero-order valence-electron chi connectivity index (χ0n) is 54.1. The van der Waals surface area contributed by atoms with Crippen LogP contribution in [0, 0.1) is 0 Å². The largest absolute Gasteiger partial charge is 0.462 e. The number of unbranched alkanes of at least 4 members (excludes halogenated alkanes) is 42. The van der Waals surface area contributed by atoms with E-state index in [1.54, 1.807) is 0 Å². The van der Waals surface area contributed by atoms with Crippen LogP contribution in [0.15, 0.2) is 72.9 Å². The molecule has 0 aliphatic rings. The van der Waals surface area contributed by atoms with Crippen LogP contribution in [0.4, 0.5) is 0 Å². The molecule has 0 spiro atoms. The molecular weight excluding hydrogens is 997 g/mol. The van der Waals surface area contributed by atoms with Crippen LogP contribution in [0.2, 0.25) is 0 Å². The van der Waals surface area contributed by atoms with E-state index in [2.05, 4.69) is 93.7 Å². The molecular formula is C75H134O6. The minimum atomic E-state index is -0.783. The summed E-state index contributed by atoms with van der Waals surface area (Å²) in [6.07, 6.45) is 90.8. The Bertz CT molecular complexity index is 1490. The van der Waals surface area contributed by atoms with E-state index < -0.39 is 6.10 Å². The van der Waals surface area contributed by atoms with Gasteiger partial charge in [-0.15, -0.1) is 0 Å². The molecule has 0 aromatic heterocycles. The first-order valence-corrected chi connectivity index (χ1v) is 35.4. The van der Waals surface area contributed by atoms with Gasteiger partial charge in [0.15, 0.2) is 6.10 Å². The molecule has 0 aliphatic heterocycles. The van der Waals surface area contributed by atoms with Gasteiger partial charge in [0, 0.05) is 19.3 Å². The summed E-state index contributed by atoms with van der Waals surface area (Å²) >= 11 is 0. The number of hydrogen-bond donors (Lipinski definition) is 0. The first kappa shape index (κ1) is 77.9. The fourth-order valence-electron chi connectivity index (χ4n) is 10.3. The second kappa shape index (κ2) is 69.3. The number of rotatable bonds is 65. The van der Waals surface area contributed by atoms with Gasteiger partial charge < -0.3 is 14.2 Å². The van der Waals surface area contributed by atoms with Gasteiger partial charge in [0.1, 0.15) is 13.2 Å². The minimum absolute atomic E-state index is 0.0783. The van der Waals surface area contributed by atoms with Crippen LogP contribution >= 0.6 is 0 Å². The maximum atomic E-state index is 12.9. The van der Waals surface area contributed by atoms with E-state index in [1.165, 1.54) is 231 Å². The van der Waals surface area contributed by atoms with Crippen LogP contribution < -0.4 is 0 Å². The third-order valence-corrected chi connectivity index (χ3v) is 15.6. The molecule has 0 heterocycles. The van der Waals surface area contributed by atoms with E-state index in [9.17, 15) is 14.4 Å². The standard InChI is InChI=1S/C75H134O6/c1-4-7-10-13-16-19-22-25-27-29-30-31-32-33-34-35-36-37-38-39-40-41-42-43-44-46-47-50-53-56-59-62-65-68-74(77)80-71-72(70-79-73(76)67-64-61-58-55-52-49-24-21-18-15-12-9-6-3)81-75(78)69-66-63-60-57-54-51-48-45-28-26-23-20-17-14-11-8-5-2/h12,15,21-22,24-26,28-30,32-33,72H,4-11,13-14,16-20,23,27,31,34-71H2,1-3H3/b15-12-,24-21-,25-22-,28-26-,30-29-,33-32-. The van der Waals surface area contributed by atoms with Crippen LogP contribution in [-0.4, -0.2) is 37.2 Å². The van der Waals surface area contributed by atoms with Gasteiger partial charge in [-0.3, -0.25) is 14.4 Å². The van der Waals surface area contributed by atoms with Crippen molar-refractivity contribution in [1.82, 2.24) is 0 Å². The van der Waals surface area contributed by atoms with Crippen molar-refractivity contribution in [2.45, 2.75) is 374 Å². The number of allylic oxidation sites excluding steroid dienone is 12. The lowest BCUT2D eigenvalue weighted by molar-refractivity contribution is -0.167. The Morgan fingerprint density at radius 2 is 0.469 bits per heavy atom. The predicted molar refractivity (Wildman–Crippen MR) is 353 cm³/mol. The molecule has 470 valence electrons. The summed E-state index contributed by atoms with van der Waals surface area (Å²) in [5.41, 5.74) is 0. The molecule has 0 radical (unpaired) electrons. The monoisotopic (exact) mass is 1130 g/mol. The number of ether oxygens (including phenoxy) is 3. The summed E-state index contributed by atoms with van der Waals surface area (Å²) in [7, 11) is 0. The number of hydrogen-bond acceptors (Lipinski definition) is 6. The summed E-state index contributed by atoms with van der Waals surface area (Å²) in [4.78, 5) is 38.4. The van der Waals surface area contributed by atoms with E-state index in [-0.39, 0.29) is 31.1 Å². The highest BCUT2D eigenvalue weighted by atomic mass is 16.6. The molecule has 0 rings (SSSR count). The fourth-order valence-corrected chi connectivity index (χ4v) is 10.3. The molecule has 0 amide bonds. The van der Waals surface area contributed by atoms with E-state index in [0.717, 1.165) is 96.3 Å². The normalized spacial score (nSPS) is 12.5. The molecule has 6 nitrogen and oxygen atoms in total. The molecule has 0 bridgehead atoms. The summed E-state index contributed by atoms with van der Waals surface area (Å²) < 4.78 is 16.9. The highest BCUT2D eigenvalue weighted by Crippen LogP contribution is 2.17. The van der Waals surface area contributed by atoms with Crippen molar-refractivity contribution in [1.29, 1.82) is 0 Å². The zero-order valence-corrected chi connectivity index (χ0v) is 54.1.